The lowest BCUT2D eigenvalue weighted by Crippen LogP contribution is -2.46. The van der Waals surface area contributed by atoms with E-state index in [0.717, 1.165) is 16.7 Å². The molecular weight excluding hydrogens is 470 g/mol. The second-order valence-corrected chi connectivity index (χ2v) is 9.65. The van der Waals surface area contributed by atoms with Crippen molar-refractivity contribution in [3.8, 4) is 11.5 Å². The monoisotopic (exact) mass is 499 g/mol. The van der Waals surface area contributed by atoms with Gasteiger partial charge in [0.25, 0.3) is 0 Å². The van der Waals surface area contributed by atoms with Gasteiger partial charge in [0.2, 0.25) is 5.91 Å². The number of nitrogens with zero attached hydrogens (tertiary/aromatic N) is 1. The topological polar surface area (TPSA) is 74.3 Å². The maximum Gasteiger partial charge on any atom is 0.323 e. The predicted octanol–water partition coefficient (Wildman–Crippen LogP) is 4.11. The number of methoxy groups -OCH3 is 2. The summed E-state index contributed by atoms with van der Waals surface area (Å²) in [5.74, 6) is 0.302. The molecule has 2 heterocycles. The SMILES string of the molecule is CCOC(=O)[C@]12C(=O)N3[C@@H](c4ccccc4)OC[C@@H]3[C@H]1C2(c1ccc(OC)cc1)c1ccc(OC)cc1. The average Bonchev–Trinajstić information content (AvgIpc) is 3.21. The first kappa shape index (κ1) is 23.6. The Bertz CT molecular complexity index is 1270. The lowest BCUT2D eigenvalue weighted by atomic mass is 9.77. The van der Waals surface area contributed by atoms with Crippen LogP contribution in [0.3, 0.4) is 0 Å². The Balaban J connectivity index is 1.55. The molecule has 7 nitrogen and oxygen atoms in total. The van der Waals surface area contributed by atoms with Gasteiger partial charge in [-0.2, -0.15) is 0 Å². The minimum atomic E-state index is -1.40. The zero-order valence-corrected chi connectivity index (χ0v) is 21.0. The third-order valence-electron chi connectivity index (χ3n) is 8.24. The number of rotatable bonds is 7. The molecule has 2 aliphatic heterocycles. The Kier molecular flexibility index (Phi) is 5.49. The van der Waals surface area contributed by atoms with Crippen LogP contribution in [0.5, 0.6) is 11.5 Å². The molecule has 3 aromatic carbocycles. The van der Waals surface area contributed by atoms with Crippen molar-refractivity contribution in [1.82, 2.24) is 4.90 Å². The van der Waals surface area contributed by atoms with Gasteiger partial charge in [-0.15, -0.1) is 0 Å². The van der Waals surface area contributed by atoms with E-state index in [1.54, 1.807) is 26.0 Å². The quantitative estimate of drug-likeness (QED) is 0.360. The van der Waals surface area contributed by atoms with Crippen molar-refractivity contribution in [3.63, 3.8) is 0 Å². The van der Waals surface area contributed by atoms with E-state index in [1.807, 2.05) is 78.9 Å². The number of hydrogen-bond acceptors (Lipinski definition) is 6. The fraction of sp³-hybridized carbons (Fsp3) is 0.333. The Hall–Kier alpha value is -3.84. The molecule has 3 fully saturated rings. The van der Waals surface area contributed by atoms with Gasteiger partial charge >= 0.3 is 5.97 Å². The molecule has 0 radical (unpaired) electrons. The summed E-state index contributed by atoms with van der Waals surface area (Å²) in [6.07, 6.45) is -0.540. The molecule has 2 saturated heterocycles. The second-order valence-electron chi connectivity index (χ2n) is 9.65. The molecule has 3 aromatic rings. The Morgan fingerprint density at radius 3 is 2.00 bits per heavy atom. The Morgan fingerprint density at radius 2 is 1.49 bits per heavy atom. The molecule has 0 N–H and O–H groups in total. The zero-order chi connectivity index (χ0) is 25.8. The van der Waals surface area contributed by atoms with Crippen LogP contribution in [0.2, 0.25) is 0 Å². The molecule has 1 amide bonds. The number of hydrogen-bond donors (Lipinski definition) is 0. The van der Waals surface area contributed by atoms with Crippen LogP contribution in [0.4, 0.5) is 0 Å². The van der Waals surface area contributed by atoms with E-state index in [0.29, 0.717) is 18.1 Å². The highest BCUT2D eigenvalue weighted by Gasteiger charge is 2.93. The third-order valence-corrected chi connectivity index (χ3v) is 8.24. The first-order valence-electron chi connectivity index (χ1n) is 12.5. The number of piperidine rings is 1. The van der Waals surface area contributed by atoms with E-state index in [-0.39, 0.29) is 24.5 Å². The number of esters is 1. The van der Waals surface area contributed by atoms with E-state index in [2.05, 4.69) is 0 Å². The van der Waals surface area contributed by atoms with Crippen LogP contribution in [0, 0.1) is 11.3 Å². The van der Waals surface area contributed by atoms with Gasteiger partial charge in [0.1, 0.15) is 11.5 Å². The van der Waals surface area contributed by atoms with Crippen LogP contribution in [0.25, 0.3) is 0 Å². The summed E-state index contributed by atoms with van der Waals surface area (Å²) in [5, 5.41) is 0. The number of amides is 1. The fourth-order valence-corrected chi connectivity index (χ4v) is 6.81. The smallest absolute Gasteiger partial charge is 0.323 e. The zero-order valence-electron chi connectivity index (χ0n) is 21.0. The van der Waals surface area contributed by atoms with Crippen molar-refractivity contribution in [2.45, 2.75) is 24.6 Å². The molecular formula is C30H29NO6. The molecule has 1 aliphatic carbocycles. The minimum Gasteiger partial charge on any atom is -0.497 e. The van der Waals surface area contributed by atoms with E-state index in [4.69, 9.17) is 18.9 Å². The summed E-state index contributed by atoms with van der Waals surface area (Å²) in [6.45, 7) is 2.29. The first-order valence-corrected chi connectivity index (χ1v) is 12.5. The number of fused-ring (bicyclic) bond motifs is 3. The molecule has 4 atom stereocenters. The predicted molar refractivity (Wildman–Crippen MR) is 135 cm³/mol. The van der Waals surface area contributed by atoms with Gasteiger partial charge in [0, 0.05) is 11.5 Å². The van der Waals surface area contributed by atoms with E-state index >= 15 is 0 Å². The molecule has 7 heteroatoms. The van der Waals surface area contributed by atoms with Crippen molar-refractivity contribution >= 4 is 11.9 Å². The van der Waals surface area contributed by atoms with Crippen LogP contribution in [0.15, 0.2) is 78.9 Å². The summed E-state index contributed by atoms with van der Waals surface area (Å²) in [5.41, 5.74) is 0.317. The van der Waals surface area contributed by atoms with Crippen LogP contribution < -0.4 is 9.47 Å². The number of carbonyl (C=O) groups is 2. The van der Waals surface area contributed by atoms with Crippen molar-refractivity contribution in [1.29, 1.82) is 0 Å². The summed E-state index contributed by atoms with van der Waals surface area (Å²) in [4.78, 5) is 30.3. The van der Waals surface area contributed by atoms with E-state index in [1.165, 1.54) is 0 Å². The van der Waals surface area contributed by atoms with Gasteiger partial charge in [0.05, 0.1) is 38.9 Å². The molecule has 0 bridgehead atoms. The molecule has 1 saturated carbocycles. The molecule has 6 rings (SSSR count). The van der Waals surface area contributed by atoms with Gasteiger partial charge in [-0.3, -0.25) is 9.59 Å². The molecule has 190 valence electrons. The highest BCUT2D eigenvalue weighted by Crippen LogP contribution is 2.80. The maximum absolute atomic E-state index is 14.6. The van der Waals surface area contributed by atoms with Gasteiger partial charge in [-0.25, -0.2) is 0 Å². The van der Waals surface area contributed by atoms with E-state index in [9.17, 15) is 9.59 Å². The number of benzene rings is 3. The number of ether oxygens (including phenoxy) is 4. The molecule has 3 aliphatic rings. The third kappa shape index (κ3) is 2.98. The van der Waals surface area contributed by atoms with Crippen LogP contribution in [-0.2, 0) is 24.5 Å². The lowest BCUT2D eigenvalue weighted by molar-refractivity contribution is -0.159. The summed E-state index contributed by atoms with van der Waals surface area (Å²) >= 11 is 0. The second kappa shape index (κ2) is 8.63. The molecule has 37 heavy (non-hydrogen) atoms. The minimum absolute atomic E-state index is 0.186. The van der Waals surface area contributed by atoms with Crippen LogP contribution in [-0.4, -0.2) is 50.3 Å². The Morgan fingerprint density at radius 1 is 0.919 bits per heavy atom. The molecule has 0 spiro atoms. The maximum atomic E-state index is 14.6. The number of carbonyl (C=O) groups excluding carboxylic acids is 2. The molecule has 0 unspecified atom stereocenters. The standard InChI is InChI=1S/C30H29NO6/c1-4-36-28(33)30-25(24-18-37-26(31(24)27(30)32)19-8-6-5-7-9-19)29(30,20-10-14-22(34-2)15-11-20)21-12-16-23(35-3)17-13-21/h5-17,24-26H,4,18H2,1-3H3/t24-,25+,26-,30-/m1/s1. The summed E-state index contributed by atoms with van der Waals surface area (Å²) in [7, 11) is 3.22. The first-order chi connectivity index (χ1) is 18.0. The average molecular weight is 500 g/mol. The van der Waals surface area contributed by atoms with Crippen molar-refractivity contribution in [3.05, 3.63) is 95.6 Å². The van der Waals surface area contributed by atoms with Crippen LogP contribution >= 0.6 is 0 Å². The van der Waals surface area contributed by atoms with Gasteiger partial charge in [-0.1, -0.05) is 54.6 Å². The summed E-state index contributed by atoms with van der Waals surface area (Å²) in [6, 6.07) is 24.7. The highest BCUT2D eigenvalue weighted by atomic mass is 16.5. The largest absolute Gasteiger partial charge is 0.497 e. The normalized spacial score (nSPS) is 26.8. The summed E-state index contributed by atoms with van der Waals surface area (Å²) < 4.78 is 22.7. The fourth-order valence-electron chi connectivity index (χ4n) is 6.81. The van der Waals surface area contributed by atoms with Gasteiger partial charge < -0.3 is 23.8 Å². The van der Waals surface area contributed by atoms with Crippen molar-refractivity contribution in [2.24, 2.45) is 11.3 Å². The van der Waals surface area contributed by atoms with Crippen molar-refractivity contribution < 1.29 is 28.5 Å². The molecule has 0 aromatic heterocycles. The Labute approximate surface area is 215 Å². The van der Waals surface area contributed by atoms with Crippen molar-refractivity contribution in [2.75, 3.05) is 27.4 Å². The highest BCUT2D eigenvalue weighted by molar-refractivity contribution is 6.13. The lowest BCUT2D eigenvalue weighted by Gasteiger charge is -2.33. The van der Waals surface area contributed by atoms with E-state index < -0.39 is 23.0 Å². The van der Waals surface area contributed by atoms with Crippen LogP contribution in [0.1, 0.15) is 29.8 Å². The van der Waals surface area contributed by atoms with Gasteiger partial charge in [-0.05, 0) is 42.3 Å². The van der Waals surface area contributed by atoms with Gasteiger partial charge in [0.15, 0.2) is 11.6 Å².